The van der Waals surface area contributed by atoms with Crippen molar-refractivity contribution in [3.05, 3.63) is 12.4 Å². The van der Waals surface area contributed by atoms with Crippen molar-refractivity contribution in [2.24, 2.45) is 11.8 Å². The number of aryl methyl sites for hydroxylation is 1. The van der Waals surface area contributed by atoms with Crippen LogP contribution in [-0.2, 0) is 16.6 Å². The smallest absolute Gasteiger partial charge is 0.243 e. The first-order chi connectivity index (χ1) is 10.0. The first kappa shape index (κ1) is 16.5. The van der Waals surface area contributed by atoms with Gasteiger partial charge in [0.15, 0.2) is 0 Å². The first-order valence-corrected chi connectivity index (χ1v) is 9.24. The summed E-state index contributed by atoms with van der Waals surface area (Å²) in [7, 11) is -3.41. The molecule has 7 heteroatoms. The summed E-state index contributed by atoms with van der Waals surface area (Å²) in [6, 6.07) is 0. The summed E-state index contributed by atoms with van der Waals surface area (Å²) in [6.45, 7) is 7.48. The minimum absolute atomic E-state index is 0.261. The highest BCUT2D eigenvalue weighted by molar-refractivity contribution is 7.89. The van der Waals surface area contributed by atoms with E-state index in [0.29, 0.717) is 18.4 Å². The fourth-order valence-corrected chi connectivity index (χ4v) is 3.30. The molecule has 1 heterocycles. The number of aromatic nitrogens is 2. The fraction of sp³-hybridized carbons (Fsp3) is 0.786. The second-order valence-corrected chi connectivity index (χ2v) is 7.63. The Labute approximate surface area is 127 Å². The van der Waals surface area contributed by atoms with Gasteiger partial charge in [0.2, 0.25) is 10.0 Å². The van der Waals surface area contributed by atoms with E-state index in [1.807, 2.05) is 0 Å². The number of sulfonamides is 1. The standard InChI is InChI=1S/C14H26N4O2S/c1-3-5-15-6-4-7-18-11-14(10-16-18)21(19,20)17-9-13-8-12(13)2/h10-13,15,17H,3-9H2,1-2H3. The molecule has 0 aliphatic heterocycles. The van der Waals surface area contributed by atoms with E-state index in [4.69, 9.17) is 0 Å². The van der Waals surface area contributed by atoms with Crippen LogP contribution < -0.4 is 10.0 Å². The molecule has 1 aliphatic rings. The van der Waals surface area contributed by atoms with Gasteiger partial charge < -0.3 is 5.32 Å². The molecule has 2 atom stereocenters. The lowest BCUT2D eigenvalue weighted by atomic mass is 10.3. The number of hydrogen-bond acceptors (Lipinski definition) is 4. The van der Waals surface area contributed by atoms with Gasteiger partial charge in [-0.25, -0.2) is 13.1 Å². The number of nitrogens with one attached hydrogen (secondary N) is 2. The average molecular weight is 314 g/mol. The summed E-state index contributed by atoms with van der Waals surface area (Å²) >= 11 is 0. The molecule has 0 spiro atoms. The molecule has 2 rings (SSSR count). The molecule has 6 nitrogen and oxygen atoms in total. The Kier molecular flexibility index (Phi) is 5.78. The quantitative estimate of drug-likeness (QED) is 0.637. The minimum Gasteiger partial charge on any atom is -0.317 e. The van der Waals surface area contributed by atoms with Crippen molar-refractivity contribution in [1.29, 1.82) is 0 Å². The van der Waals surface area contributed by atoms with Gasteiger partial charge in [-0.15, -0.1) is 0 Å². The van der Waals surface area contributed by atoms with Crippen LogP contribution in [0.1, 0.15) is 33.1 Å². The maximum Gasteiger partial charge on any atom is 0.243 e. The van der Waals surface area contributed by atoms with E-state index in [0.717, 1.165) is 38.9 Å². The number of rotatable bonds is 10. The predicted octanol–water partition coefficient (Wildman–Crippen LogP) is 1.21. The van der Waals surface area contributed by atoms with Gasteiger partial charge in [-0.05, 0) is 44.2 Å². The summed E-state index contributed by atoms with van der Waals surface area (Å²) in [5.74, 6) is 1.14. The van der Waals surface area contributed by atoms with Gasteiger partial charge in [0.05, 0.1) is 6.20 Å². The zero-order chi connectivity index (χ0) is 15.3. The molecule has 0 saturated heterocycles. The van der Waals surface area contributed by atoms with E-state index in [2.05, 4.69) is 29.0 Å². The molecule has 0 amide bonds. The van der Waals surface area contributed by atoms with E-state index < -0.39 is 10.0 Å². The van der Waals surface area contributed by atoms with E-state index in [9.17, 15) is 8.42 Å². The molecule has 2 N–H and O–H groups in total. The van der Waals surface area contributed by atoms with Crippen LogP contribution in [0.3, 0.4) is 0 Å². The maximum absolute atomic E-state index is 12.1. The van der Waals surface area contributed by atoms with Crippen molar-refractivity contribution in [3.63, 3.8) is 0 Å². The van der Waals surface area contributed by atoms with E-state index in [-0.39, 0.29) is 4.90 Å². The van der Waals surface area contributed by atoms with Gasteiger partial charge >= 0.3 is 0 Å². The highest BCUT2D eigenvalue weighted by Gasteiger charge is 2.33. The SMILES string of the molecule is CCCNCCCn1cc(S(=O)(=O)NCC2CC2C)cn1. The molecule has 2 unspecified atom stereocenters. The summed E-state index contributed by atoms with van der Waals surface area (Å²) in [6.07, 6.45) is 6.22. The van der Waals surface area contributed by atoms with Crippen molar-refractivity contribution >= 4 is 10.0 Å². The highest BCUT2D eigenvalue weighted by Crippen LogP contribution is 2.37. The Morgan fingerprint density at radius 2 is 2.19 bits per heavy atom. The Balaban J connectivity index is 1.78. The van der Waals surface area contributed by atoms with Gasteiger partial charge in [0.1, 0.15) is 4.90 Å². The zero-order valence-electron chi connectivity index (χ0n) is 12.9. The third kappa shape index (κ3) is 5.09. The molecule has 0 aromatic carbocycles. The lowest BCUT2D eigenvalue weighted by molar-refractivity contribution is 0.541. The summed E-state index contributed by atoms with van der Waals surface area (Å²) in [5.41, 5.74) is 0. The lowest BCUT2D eigenvalue weighted by Gasteiger charge is -2.04. The van der Waals surface area contributed by atoms with Gasteiger partial charge in [-0.3, -0.25) is 4.68 Å². The molecule has 1 aromatic rings. The van der Waals surface area contributed by atoms with Crippen molar-refractivity contribution in [2.75, 3.05) is 19.6 Å². The molecule has 1 fully saturated rings. The van der Waals surface area contributed by atoms with Crippen LogP contribution in [0, 0.1) is 11.8 Å². The summed E-state index contributed by atoms with van der Waals surface area (Å²) in [4.78, 5) is 0.261. The van der Waals surface area contributed by atoms with Crippen LogP contribution in [0.15, 0.2) is 17.3 Å². The second kappa shape index (κ2) is 7.38. The Hall–Kier alpha value is -0.920. The Morgan fingerprint density at radius 1 is 1.43 bits per heavy atom. The third-order valence-corrected chi connectivity index (χ3v) is 5.28. The molecule has 120 valence electrons. The molecule has 1 aromatic heterocycles. The van der Waals surface area contributed by atoms with Gasteiger partial charge in [0.25, 0.3) is 0 Å². The van der Waals surface area contributed by atoms with Crippen LogP contribution in [0.2, 0.25) is 0 Å². The molecule has 0 radical (unpaired) electrons. The van der Waals surface area contributed by atoms with Crippen LogP contribution in [0.4, 0.5) is 0 Å². The topological polar surface area (TPSA) is 76.0 Å². The molecule has 0 bridgehead atoms. The largest absolute Gasteiger partial charge is 0.317 e. The molecular weight excluding hydrogens is 288 g/mol. The van der Waals surface area contributed by atoms with Crippen molar-refractivity contribution in [2.45, 2.75) is 44.6 Å². The Morgan fingerprint density at radius 3 is 2.86 bits per heavy atom. The normalized spacial score (nSPS) is 21.6. The molecule has 1 aliphatic carbocycles. The molecule has 21 heavy (non-hydrogen) atoms. The van der Waals surface area contributed by atoms with Gasteiger partial charge in [0, 0.05) is 19.3 Å². The zero-order valence-corrected chi connectivity index (χ0v) is 13.7. The van der Waals surface area contributed by atoms with Crippen LogP contribution in [0.5, 0.6) is 0 Å². The fourth-order valence-electron chi connectivity index (χ4n) is 2.26. The first-order valence-electron chi connectivity index (χ1n) is 7.75. The summed E-state index contributed by atoms with van der Waals surface area (Å²) in [5, 5.41) is 7.44. The Bertz CT molecular complexity index is 541. The molecule has 1 saturated carbocycles. The van der Waals surface area contributed by atoms with Gasteiger partial charge in [-0.1, -0.05) is 13.8 Å². The van der Waals surface area contributed by atoms with Crippen molar-refractivity contribution in [3.8, 4) is 0 Å². The predicted molar refractivity (Wildman–Crippen MR) is 82.5 cm³/mol. The van der Waals surface area contributed by atoms with Crippen LogP contribution in [0.25, 0.3) is 0 Å². The summed E-state index contributed by atoms with van der Waals surface area (Å²) < 4.78 is 28.6. The van der Waals surface area contributed by atoms with Crippen molar-refractivity contribution in [1.82, 2.24) is 19.8 Å². The number of nitrogens with zero attached hydrogens (tertiary/aromatic N) is 2. The number of hydrogen-bond donors (Lipinski definition) is 2. The average Bonchev–Trinajstić information content (AvgIpc) is 2.95. The van der Waals surface area contributed by atoms with E-state index in [1.165, 1.54) is 6.20 Å². The lowest BCUT2D eigenvalue weighted by Crippen LogP contribution is -2.25. The van der Waals surface area contributed by atoms with E-state index in [1.54, 1.807) is 10.9 Å². The third-order valence-electron chi connectivity index (χ3n) is 3.90. The van der Waals surface area contributed by atoms with Crippen molar-refractivity contribution < 1.29 is 8.42 Å². The van der Waals surface area contributed by atoms with Crippen LogP contribution >= 0.6 is 0 Å². The van der Waals surface area contributed by atoms with Gasteiger partial charge in [-0.2, -0.15) is 5.10 Å². The van der Waals surface area contributed by atoms with Crippen LogP contribution in [-0.4, -0.2) is 37.8 Å². The minimum atomic E-state index is -3.41. The van der Waals surface area contributed by atoms with E-state index >= 15 is 0 Å². The maximum atomic E-state index is 12.1. The monoisotopic (exact) mass is 314 g/mol. The molecular formula is C14H26N4O2S. The highest BCUT2D eigenvalue weighted by atomic mass is 32.2. The second-order valence-electron chi connectivity index (χ2n) is 5.87.